The van der Waals surface area contributed by atoms with E-state index >= 15 is 0 Å². The van der Waals surface area contributed by atoms with Gasteiger partial charge in [0.2, 0.25) is 0 Å². The molecule has 0 unspecified atom stereocenters. The number of hydrogen-bond acceptors (Lipinski definition) is 3. The summed E-state index contributed by atoms with van der Waals surface area (Å²) in [5, 5.41) is 16.1. The minimum absolute atomic E-state index is 0.0195. The number of carboxylic acid groups (broad SMARTS) is 1. The van der Waals surface area contributed by atoms with Crippen LogP contribution < -0.4 is 5.56 Å². The number of hydrogen-bond donors (Lipinski definition) is 1. The molecule has 0 atom stereocenters. The first-order valence-corrected chi connectivity index (χ1v) is 11.1. The van der Waals surface area contributed by atoms with Gasteiger partial charge in [-0.3, -0.25) is 9.59 Å². The first kappa shape index (κ1) is 22.7. The van der Waals surface area contributed by atoms with Gasteiger partial charge in [0.15, 0.2) is 11.6 Å². The lowest BCUT2D eigenvalue weighted by atomic mass is 10.0. The molecule has 0 aliphatic rings. The van der Waals surface area contributed by atoms with Crippen molar-refractivity contribution in [1.29, 1.82) is 0 Å². The van der Waals surface area contributed by atoms with Crippen molar-refractivity contribution in [2.24, 2.45) is 0 Å². The molecule has 0 aliphatic heterocycles. The van der Waals surface area contributed by atoms with Crippen molar-refractivity contribution in [1.82, 2.24) is 14.3 Å². The van der Waals surface area contributed by atoms with E-state index in [-0.39, 0.29) is 18.7 Å². The Hall–Kier alpha value is -4.04. The molecule has 9 heteroatoms. The number of rotatable bonds is 5. The maximum Gasteiger partial charge on any atom is 0.323 e. The smallest absolute Gasteiger partial charge is 0.323 e. The number of halogens is 3. The van der Waals surface area contributed by atoms with Crippen LogP contribution in [0.4, 0.5) is 8.78 Å². The Labute approximate surface area is 202 Å². The van der Waals surface area contributed by atoms with Gasteiger partial charge >= 0.3 is 5.97 Å². The summed E-state index contributed by atoms with van der Waals surface area (Å²) in [6.45, 7) is 1.20. The lowest BCUT2D eigenvalue weighted by Crippen LogP contribution is -2.25. The van der Waals surface area contributed by atoms with Crippen LogP contribution in [0.5, 0.6) is 0 Å². The van der Waals surface area contributed by atoms with Crippen LogP contribution in [0.15, 0.2) is 65.5 Å². The molecule has 6 nitrogen and oxygen atoms in total. The molecule has 0 bridgehead atoms. The number of carboxylic acids is 1. The molecule has 0 fully saturated rings. The van der Waals surface area contributed by atoms with Crippen LogP contribution in [0, 0.1) is 18.6 Å². The molecule has 5 rings (SSSR count). The molecule has 0 spiro atoms. The molecule has 5 aromatic rings. The Kier molecular flexibility index (Phi) is 5.61. The van der Waals surface area contributed by atoms with Crippen LogP contribution in [-0.4, -0.2) is 25.4 Å². The van der Waals surface area contributed by atoms with Crippen LogP contribution in [0.2, 0.25) is 5.02 Å². The third-order valence-electron chi connectivity index (χ3n) is 6.04. The van der Waals surface area contributed by atoms with Crippen molar-refractivity contribution in [3.63, 3.8) is 0 Å². The Morgan fingerprint density at radius 2 is 1.77 bits per heavy atom. The van der Waals surface area contributed by atoms with Crippen LogP contribution in [-0.2, 0) is 17.9 Å². The van der Waals surface area contributed by atoms with Crippen molar-refractivity contribution < 1.29 is 18.7 Å². The lowest BCUT2D eigenvalue weighted by Gasteiger charge is -2.13. The van der Waals surface area contributed by atoms with E-state index in [9.17, 15) is 23.5 Å². The highest BCUT2D eigenvalue weighted by Crippen LogP contribution is 2.37. The van der Waals surface area contributed by atoms with Gasteiger partial charge in [0.05, 0.1) is 11.9 Å². The minimum atomic E-state index is -1.04. The van der Waals surface area contributed by atoms with Crippen molar-refractivity contribution in [2.45, 2.75) is 20.0 Å². The zero-order chi connectivity index (χ0) is 24.9. The first-order valence-electron chi connectivity index (χ1n) is 10.7. The van der Waals surface area contributed by atoms with Gasteiger partial charge in [0.25, 0.3) is 5.56 Å². The van der Waals surface area contributed by atoms with Gasteiger partial charge in [-0.05, 0) is 37.3 Å². The van der Waals surface area contributed by atoms with E-state index in [0.717, 1.165) is 10.7 Å². The Bertz CT molecular complexity index is 1710. The lowest BCUT2D eigenvalue weighted by molar-refractivity contribution is -0.137. The van der Waals surface area contributed by atoms with E-state index < -0.39 is 23.2 Å². The third-order valence-corrected chi connectivity index (χ3v) is 6.27. The molecule has 2 heterocycles. The normalized spacial score (nSPS) is 11.4. The van der Waals surface area contributed by atoms with Gasteiger partial charge in [-0.2, -0.15) is 5.10 Å². The second kappa shape index (κ2) is 8.63. The Morgan fingerprint density at radius 1 is 1.03 bits per heavy atom. The molecular formula is C26H18ClF2N3O3. The van der Waals surface area contributed by atoms with Gasteiger partial charge in [0, 0.05) is 38.1 Å². The summed E-state index contributed by atoms with van der Waals surface area (Å²) in [5.41, 5.74) is 1.79. The maximum atomic E-state index is 14.4. The summed E-state index contributed by atoms with van der Waals surface area (Å²) in [6, 6.07) is 15.7. The highest BCUT2D eigenvalue weighted by Gasteiger charge is 2.22. The third kappa shape index (κ3) is 3.85. The summed E-state index contributed by atoms with van der Waals surface area (Å²) in [7, 11) is 0. The van der Waals surface area contributed by atoms with Gasteiger partial charge in [-0.1, -0.05) is 41.9 Å². The highest BCUT2D eigenvalue weighted by molar-refractivity contribution is 6.31. The van der Waals surface area contributed by atoms with Gasteiger partial charge < -0.3 is 9.67 Å². The number of carbonyl (C=O) groups is 1. The Balaban J connectivity index is 1.84. The van der Waals surface area contributed by atoms with Crippen molar-refractivity contribution in [3.05, 3.63) is 98.9 Å². The van der Waals surface area contributed by atoms with Crippen molar-refractivity contribution >= 4 is 39.2 Å². The van der Waals surface area contributed by atoms with E-state index in [1.165, 1.54) is 12.1 Å². The second-order valence-electron chi connectivity index (χ2n) is 8.17. The second-order valence-corrected chi connectivity index (χ2v) is 8.61. The number of fused-ring (bicyclic) bond motifs is 2. The van der Waals surface area contributed by atoms with Crippen LogP contribution in [0.25, 0.3) is 32.9 Å². The van der Waals surface area contributed by atoms with E-state index in [1.54, 1.807) is 54.0 Å². The topological polar surface area (TPSA) is 77.1 Å². The number of aromatic nitrogens is 3. The standard InChI is InChI=1S/C26H18ClF2N3O3/c1-14-23(19-11-16(27)9-10-21(19)31(14)13-22(33)34)25-17-6-2-3-7-18(17)26(35)32(30-25)12-15-5-4-8-20(28)24(15)29/h2-11H,12-13H2,1H3,(H,33,34). The maximum absolute atomic E-state index is 14.4. The monoisotopic (exact) mass is 493 g/mol. The molecular weight excluding hydrogens is 476 g/mol. The largest absolute Gasteiger partial charge is 0.480 e. The van der Waals surface area contributed by atoms with Gasteiger partial charge in [0.1, 0.15) is 12.2 Å². The quantitative estimate of drug-likeness (QED) is 0.356. The average molecular weight is 494 g/mol. The Morgan fingerprint density at radius 3 is 2.51 bits per heavy atom. The molecule has 3 aromatic carbocycles. The number of benzene rings is 3. The summed E-state index contributed by atoms with van der Waals surface area (Å²) in [6.07, 6.45) is 0. The zero-order valence-corrected chi connectivity index (χ0v) is 19.2. The van der Waals surface area contributed by atoms with Crippen molar-refractivity contribution in [3.8, 4) is 11.3 Å². The fourth-order valence-electron chi connectivity index (χ4n) is 4.45. The molecule has 0 aliphatic carbocycles. The minimum Gasteiger partial charge on any atom is -0.480 e. The molecule has 1 N–H and O–H groups in total. The van der Waals surface area contributed by atoms with Crippen LogP contribution in [0.3, 0.4) is 0 Å². The predicted octanol–water partition coefficient (Wildman–Crippen LogP) is 5.39. The summed E-state index contributed by atoms with van der Waals surface area (Å²) >= 11 is 6.28. The molecule has 0 amide bonds. The highest BCUT2D eigenvalue weighted by atomic mass is 35.5. The molecule has 0 saturated carbocycles. The SMILES string of the molecule is Cc1c(-c2nn(Cc3cccc(F)c3F)c(=O)c3ccccc23)c2cc(Cl)ccc2n1CC(=O)O. The van der Waals surface area contributed by atoms with E-state index in [1.807, 2.05) is 0 Å². The number of nitrogens with zero attached hydrogens (tertiary/aromatic N) is 3. The fourth-order valence-corrected chi connectivity index (χ4v) is 4.62. The predicted molar refractivity (Wildman–Crippen MR) is 130 cm³/mol. The van der Waals surface area contributed by atoms with E-state index in [2.05, 4.69) is 5.10 Å². The summed E-state index contributed by atoms with van der Waals surface area (Å²) < 4.78 is 30.9. The average Bonchev–Trinajstić information content (AvgIpc) is 3.08. The fraction of sp³-hybridized carbons (Fsp3) is 0.115. The summed E-state index contributed by atoms with van der Waals surface area (Å²) in [5.74, 6) is -3.08. The zero-order valence-electron chi connectivity index (χ0n) is 18.4. The van der Waals surface area contributed by atoms with Gasteiger partial charge in [-0.15, -0.1) is 0 Å². The summed E-state index contributed by atoms with van der Waals surface area (Å²) in [4.78, 5) is 24.8. The molecule has 0 saturated heterocycles. The van der Waals surface area contributed by atoms with E-state index in [0.29, 0.717) is 43.6 Å². The molecule has 176 valence electrons. The van der Waals surface area contributed by atoms with Crippen LogP contribution >= 0.6 is 11.6 Å². The molecule has 2 aromatic heterocycles. The van der Waals surface area contributed by atoms with Crippen LogP contribution in [0.1, 0.15) is 11.3 Å². The first-order chi connectivity index (χ1) is 16.8. The van der Waals surface area contributed by atoms with Gasteiger partial charge in [-0.25, -0.2) is 13.5 Å². The molecule has 0 radical (unpaired) electrons. The van der Waals surface area contributed by atoms with E-state index in [4.69, 9.17) is 11.6 Å². The number of aliphatic carboxylic acids is 1. The van der Waals surface area contributed by atoms with Crippen molar-refractivity contribution in [2.75, 3.05) is 0 Å². The molecule has 35 heavy (non-hydrogen) atoms.